The Morgan fingerprint density at radius 1 is 1.35 bits per heavy atom. The highest BCUT2D eigenvalue weighted by atomic mass is 35.5. The second-order valence-electron chi connectivity index (χ2n) is 5.08. The Bertz CT molecular complexity index is 342. The Balaban J connectivity index is 1.88. The molecule has 1 amide bonds. The molecule has 0 heterocycles. The van der Waals surface area contributed by atoms with Crippen LogP contribution in [-0.4, -0.2) is 17.3 Å². The van der Waals surface area contributed by atoms with E-state index in [0.717, 1.165) is 18.4 Å². The van der Waals surface area contributed by atoms with Crippen LogP contribution in [0.4, 0.5) is 0 Å². The van der Waals surface area contributed by atoms with Crippen LogP contribution in [0.3, 0.4) is 0 Å². The van der Waals surface area contributed by atoms with Crippen molar-refractivity contribution in [1.29, 1.82) is 0 Å². The molecule has 1 fully saturated rings. The van der Waals surface area contributed by atoms with Gasteiger partial charge in [0.2, 0.25) is 5.91 Å². The minimum atomic E-state index is -0.118. The van der Waals surface area contributed by atoms with Gasteiger partial charge in [0.05, 0.1) is 11.4 Å². The molecule has 0 aliphatic heterocycles. The highest BCUT2D eigenvalue weighted by Crippen LogP contribution is 2.24. The zero-order valence-electron chi connectivity index (χ0n) is 10.3. The third-order valence-electron chi connectivity index (χ3n) is 3.62. The van der Waals surface area contributed by atoms with Crippen molar-refractivity contribution >= 4 is 17.5 Å². The molecule has 2 nitrogen and oxygen atoms in total. The highest BCUT2D eigenvalue weighted by Gasteiger charge is 2.25. The Hall–Kier alpha value is -0.760. The van der Waals surface area contributed by atoms with Crippen molar-refractivity contribution in [3.8, 4) is 0 Å². The molecule has 1 N–H and O–H groups in total. The summed E-state index contributed by atoms with van der Waals surface area (Å²) in [6.07, 6.45) is 11.7. The summed E-state index contributed by atoms with van der Waals surface area (Å²) in [4.78, 5) is 12.1. The molecule has 2 aliphatic rings. The zero-order valence-corrected chi connectivity index (χ0v) is 11.0. The lowest BCUT2D eigenvalue weighted by atomic mass is 9.88. The summed E-state index contributed by atoms with van der Waals surface area (Å²) in [7, 11) is 0. The highest BCUT2D eigenvalue weighted by molar-refractivity contribution is 6.22. The zero-order chi connectivity index (χ0) is 12.3. The van der Waals surface area contributed by atoms with Gasteiger partial charge in [0.15, 0.2) is 0 Å². The maximum absolute atomic E-state index is 12.1. The molecule has 2 atom stereocenters. The van der Waals surface area contributed by atoms with Crippen LogP contribution in [0.1, 0.15) is 39.0 Å². The minimum Gasteiger partial charge on any atom is -0.348 e. The summed E-state index contributed by atoms with van der Waals surface area (Å²) >= 11 is 6.22. The number of carbonyl (C=O) groups is 1. The van der Waals surface area contributed by atoms with Crippen LogP contribution in [0.2, 0.25) is 0 Å². The number of carbonyl (C=O) groups excluding carboxylic acids is 1. The molecule has 0 radical (unpaired) electrons. The second kappa shape index (κ2) is 5.72. The number of allylic oxidation sites excluding steroid dienone is 2. The summed E-state index contributed by atoms with van der Waals surface area (Å²) < 4.78 is 0. The fourth-order valence-electron chi connectivity index (χ4n) is 2.55. The van der Waals surface area contributed by atoms with Crippen LogP contribution >= 0.6 is 11.6 Å². The number of rotatable bonds is 2. The number of halogens is 1. The van der Waals surface area contributed by atoms with Crippen molar-refractivity contribution in [3.63, 3.8) is 0 Å². The second-order valence-corrected chi connectivity index (χ2v) is 5.59. The molecular formula is C14H20ClNO. The third kappa shape index (κ3) is 3.35. The maximum Gasteiger partial charge on any atom is 0.223 e. The van der Waals surface area contributed by atoms with E-state index in [2.05, 4.69) is 5.32 Å². The summed E-state index contributed by atoms with van der Waals surface area (Å²) in [5.74, 6) is 0.381. The van der Waals surface area contributed by atoms with Crippen molar-refractivity contribution in [2.75, 3.05) is 0 Å². The van der Waals surface area contributed by atoms with Gasteiger partial charge in [-0.2, -0.15) is 0 Å². The summed E-state index contributed by atoms with van der Waals surface area (Å²) in [6.45, 7) is 2.02. The number of amides is 1. The molecule has 94 valence electrons. The first-order valence-electron chi connectivity index (χ1n) is 6.48. The van der Waals surface area contributed by atoms with Crippen molar-refractivity contribution < 1.29 is 4.79 Å². The van der Waals surface area contributed by atoms with E-state index < -0.39 is 0 Å². The number of hydrogen-bond donors (Lipinski definition) is 1. The molecule has 2 unspecified atom stereocenters. The first kappa shape index (κ1) is 12.7. The van der Waals surface area contributed by atoms with E-state index >= 15 is 0 Å². The smallest absolute Gasteiger partial charge is 0.223 e. The monoisotopic (exact) mass is 253 g/mol. The van der Waals surface area contributed by atoms with Crippen molar-refractivity contribution in [2.24, 2.45) is 5.92 Å². The molecule has 17 heavy (non-hydrogen) atoms. The lowest BCUT2D eigenvalue weighted by Crippen LogP contribution is -2.43. The van der Waals surface area contributed by atoms with E-state index in [-0.39, 0.29) is 23.2 Å². The predicted molar refractivity (Wildman–Crippen MR) is 71.0 cm³/mol. The Kier molecular flexibility index (Phi) is 4.27. The number of hydrogen-bond acceptors (Lipinski definition) is 1. The normalized spacial score (nSPS) is 29.9. The van der Waals surface area contributed by atoms with Gasteiger partial charge in [0, 0.05) is 5.92 Å². The molecule has 0 bridgehead atoms. The van der Waals surface area contributed by atoms with Crippen LogP contribution < -0.4 is 5.32 Å². The van der Waals surface area contributed by atoms with Gasteiger partial charge in [-0.15, -0.1) is 11.6 Å². The Morgan fingerprint density at radius 2 is 2.06 bits per heavy atom. The molecular weight excluding hydrogens is 234 g/mol. The predicted octanol–water partition coefficient (Wildman–Crippen LogP) is 3.18. The van der Waals surface area contributed by atoms with Crippen LogP contribution in [0.15, 0.2) is 23.8 Å². The standard InChI is InChI=1S/C14H20ClNO/c1-10-7-8-13(12(15)9-10)16-14(17)11-5-3-2-4-6-11/h7-9,11-13H,2-6H2,1H3,(H,16,17). The topological polar surface area (TPSA) is 29.1 Å². The van der Waals surface area contributed by atoms with E-state index in [1.807, 2.05) is 25.2 Å². The van der Waals surface area contributed by atoms with Crippen LogP contribution in [0.25, 0.3) is 0 Å². The largest absolute Gasteiger partial charge is 0.348 e. The summed E-state index contributed by atoms with van der Waals surface area (Å²) in [6, 6.07) is -0.0465. The van der Waals surface area contributed by atoms with E-state index in [1.54, 1.807) is 0 Å². The third-order valence-corrected chi connectivity index (χ3v) is 4.01. The van der Waals surface area contributed by atoms with Gasteiger partial charge < -0.3 is 5.32 Å². The lowest BCUT2D eigenvalue weighted by molar-refractivity contribution is -0.126. The van der Waals surface area contributed by atoms with Crippen molar-refractivity contribution in [2.45, 2.75) is 50.4 Å². The first-order valence-corrected chi connectivity index (χ1v) is 6.91. The molecule has 0 aromatic carbocycles. The van der Waals surface area contributed by atoms with Gasteiger partial charge in [-0.1, -0.05) is 43.1 Å². The molecule has 0 spiro atoms. The molecule has 3 heteroatoms. The minimum absolute atomic E-state index is 0.0465. The number of alkyl halides is 1. The van der Waals surface area contributed by atoms with Crippen molar-refractivity contribution in [3.05, 3.63) is 23.8 Å². The Morgan fingerprint density at radius 3 is 2.71 bits per heavy atom. The maximum atomic E-state index is 12.1. The number of nitrogens with one attached hydrogen (secondary N) is 1. The van der Waals surface area contributed by atoms with E-state index in [1.165, 1.54) is 19.3 Å². The van der Waals surface area contributed by atoms with Crippen LogP contribution in [-0.2, 0) is 4.79 Å². The molecule has 0 aromatic heterocycles. The van der Waals surface area contributed by atoms with Gasteiger partial charge in [-0.3, -0.25) is 4.79 Å². The van der Waals surface area contributed by atoms with Crippen molar-refractivity contribution in [1.82, 2.24) is 5.32 Å². The van der Waals surface area contributed by atoms with Gasteiger partial charge >= 0.3 is 0 Å². The van der Waals surface area contributed by atoms with Crippen LogP contribution in [0, 0.1) is 5.92 Å². The molecule has 0 aromatic rings. The molecule has 1 saturated carbocycles. The van der Waals surface area contributed by atoms with Gasteiger partial charge in [0.25, 0.3) is 0 Å². The quantitative estimate of drug-likeness (QED) is 0.753. The fourth-order valence-corrected chi connectivity index (χ4v) is 2.89. The van der Waals surface area contributed by atoms with E-state index in [0.29, 0.717) is 0 Å². The Labute approximate surface area is 108 Å². The molecule has 2 rings (SSSR count). The average Bonchev–Trinajstić information content (AvgIpc) is 2.34. The fraction of sp³-hybridized carbons (Fsp3) is 0.643. The summed E-state index contributed by atoms with van der Waals surface area (Å²) in [5.41, 5.74) is 1.16. The summed E-state index contributed by atoms with van der Waals surface area (Å²) in [5, 5.41) is 2.94. The van der Waals surface area contributed by atoms with E-state index in [9.17, 15) is 4.79 Å². The lowest BCUT2D eigenvalue weighted by Gasteiger charge is -2.26. The van der Waals surface area contributed by atoms with Gasteiger partial charge in [-0.25, -0.2) is 0 Å². The van der Waals surface area contributed by atoms with E-state index in [4.69, 9.17) is 11.6 Å². The van der Waals surface area contributed by atoms with Gasteiger partial charge in [0.1, 0.15) is 0 Å². The first-order chi connectivity index (χ1) is 8.16. The van der Waals surface area contributed by atoms with Gasteiger partial charge in [-0.05, 0) is 19.8 Å². The average molecular weight is 254 g/mol. The van der Waals surface area contributed by atoms with Crippen LogP contribution in [0.5, 0.6) is 0 Å². The molecule has 0 saturated heterocycles. The molecule has 2 aliphatic carbocycles. The SMILES string of the molecule is CC1=CC(Cl)C(NC(=O)C2CCCCC2)C=C1.